The number of aromatic hydroxyl groups is 6. The zero-order valence-corrected chi connectivity index (χ0v) is 11.1. The zero-order valence-electron chi connectivity index (χ0n) is 11.1. The van der Waals surface area contributed by atoms with Crippen molar-refractivity contribution in [2.24, 2.45) is 0 Å². The van der Waals surface area contributed by atoms with Crippen LogP contribution in [0.3, 0.4) is 0 Å². The zero-order chi connectivity index (χ0) is 15.6. The molecule has 0 amide bonds. The summed E-state index contributed by atoms with van der Waals surface area (Å²) in [4.78, 5) is 0. The number of benzene rings is 2. The van der Waals surface area contributed by atoms with Gasteiger partial charge in [-0.3, -0.25) is 0 Å². The van der Waals surface area contributed by atoms with Crippen LogP contribution in [0.4, 0.5) is 0 Å². The molecule has 1 heterocycles. The van der Waals surface area contributed by atoms with E-state index in [1.54, 1.807) is 0 Å². The van der Waals surface area contributed by atoms with Crippen LogP contribution in [0, 0.1) is 13.8 Å². The lowest BCUT2D eigenvalue weighted by Crippen LogP contribution is -1.82. The third-order valence-electron chi connectivity index (χ3n) is 3.68. The number of hydrogen-bond donors (Lipinski definition) is 6. The Hall–Kier alpha value is -2.96. The molecule has 0 aliphatic heterocycles. The van der Waals surface area contributed by atoms with Crippen molar-refractivity contribution in [2.45, 2.75) is 13.8 Å². The summed E-state index contributed by atoms with van der Waals surface area (Å²) >= 11 is 0. The Balaban J connectivity index is 2.73. The van der Waals surface area contributed by atoms with Crippen molar-refractivity contribution in [1.82, 2.24) is 0 Å². The number of fused-ring (bicyclic) bond motifs is 3. The average molecular weight is 292 g/mol. The Morgan fingerprint density at radius 3 is 1.19 bits per heavy atom. The summed E-state index contributed by atoms with van der Waals surface area (Å²) in [5.41, 5.74) is -0.623. The van der Waals surface area contributed by atoms with E-state index in [4.69, 9.17) is 4.42 Å². The molecule has 0 bridgehead atoms. The lowest BCUT2D eigenvalue weighted by molar-refractivity contribution is 0.386. The van der Waals surface area contributed by atoms with Crippen LogP contribution in [0.15, 0.2) is 4.42 Å². The summed E-state index contributed by atoms with van der Waals surface area (Å²) in [5.74, 6) is -3.21. The molecule has 0 aliphatic carbocycles. The Morgan fingerprint density at radius 1 is 0.524 bits per heavy atom. The van der Waals surface area contributed by atoms with Crippen LogP contribution < -0.4 is 0 Å². The number of phenolic OH excluding ortho intramolecular Hbond substituents is 6. The second-order valence-electron chi connectivity index (χ2n) is 4.85. The Kier molecular flexibility index (Phi) is 2.35. The monoisotopic (exact) mass is 292 g/mol. The van der Waals surface area contributed by atoms with Crippen molar-refractivity contribution in [1.29, 1.82) is 0 Å². The second kappa shape index (κ2) is 3.78. The molecule has 1 aromatic heterocycles. The van der Waals surface area contributed by atoms with Gasteiger partial charge < -0.3 is 35.1 Å². The van der Waals surface area contributed by atoms with Gasteiger partial charge in [0.05, 0.1) is 10.8 Å². The number of rotatable bonds is 0. The average Bonchev–Trinajstić information content (AvgIpc) is 2.87. The second-order valence-corrected chi connectivity index (χ2v) is 4.85. The molecule has 2 aromatic carbocycles. The lowest BCUT2D eigenvalue weighted by Gasteiger charge is -2.07. The van der Waals surface area contributed by atoms with Gasteiger partial charge in [0, 0.05) is 11.1 Å². The molecular formula is C14H12O7. The van der Waals surface area contributed by atoms with Gasteiger partial charge in [-0.25, -0.2) is 0 Å². The van der Waals surface area contributed by atoms with Gasteiger partial charge in [0.25, 0.3) is 0 Å². The molecule has 0 saturated carbocycles. The van der Waals surface area contributed by atoms with Crippen LogP contribution in [-0.4, -0.2) is 30.6 Å². The van der Waals surface area contributed by atoms with E-state index < -0.39 is 34.5 Å². The first-order valence-corrected chi connectivity index (χ1v) is 6.00. The predicted molar refractivity (Wildman–Crippen MR) is 73.2 cm³/mol. The van der Waals surface area contributed by atoms with E-state index in [2.05, 4.69) is 0 Å². The van der Waals surface area contributed by atoms with Gasteiger partial charge >= 0.3 is 0 Å². The molecule has 0 saturated heterocycles. The topological polar surface area (TPSA) is 135 Å². The van der Waals surface area contributed by atoms with E-state index in [1.165, 1.54) is 13.8 Å². The van der Waals surface area contributed by atoms with Crippen LogP contribution in [0.2, 0.25) is 0 Å². The van der Waals surface area contributed by atoms with Gasteiger partial charge in [-0.15, -0.1) is 0 Å². The fraction of sp³-hybridized carbons (Fsp3) is 0.143. The van der Waals surface area contributed by atoms with E-state index >= 15 is 0 Å². The molecule has 6 N–H and O–H groups in total. The Bertz CT molecular complexity index is 847. The first-order valence-electron chi connectivity index (χ1n) is 6.00. The normalized spacial score (nSPS) is 11.5. The maximum atomic E-state index is 10.1. The number of furan rings is 1. The van der Waals surface area contributed by atoms with Gasteiger partial charge in [0.2, 0.25) is 11.5 Å². The van der Waals surface area contributed by atoms with Gasteiger partial charge in [0.15, 0.2) is 22.7 Å². The van der Waals surface area contributed by atoms with Crippen molar-refractivity contribution in [2.75, 3.05) is 0 Å². The molecule has 0 aliphatic rings. The van der Waals surface area contributed by atoms with Gasteiger partial charge in [-0.1, -0.05) is 0 Å². The lowest BCUT2D eigenvalue weighted by atomic mass is 10.0. The fourth-order valence-electron chi connectivity index (χ4n) is 2.39. The highest BCUT2D eigenvalue weighted by Crippen LogP contribution is 2.54. The van der Waals surface area contributed by atoms with Gasteiger partial charge in [-0.05, 0) is 13.8 Å². The quantitative estimate of drug-likeness (QED) is 0.277. The number of hydrogen-bond acceptors (Lipinski definition) is 7. The molecule has 0 fully saturated rings. The smallest absolute Gasteiger partial charge is 0.202 e. The number of phenols is 6. The van der Waals surface area contributed by atoms with Crippen LogP contribution in [0.5, 0.6) is 34.5 Å². The van der Waals surface area contributed by atoms with Crippen molar-refractivity contribution in [3.63, 3.8) is 0 Å². The van der Waals surface area contributed by atoms with Crippen LogP contribution >= 0.6 is 0 Å². The summed E-state index contributed by atoms with van der Waals surface area (Å²) in [6.07, 6.45) is 0. The third kappa shape index (κ3) is 1.37. The highest BCUT2D eigenvalue weighted by molar-refractivity contribution is 6.16. The molecule has 0 atom stereocenters. The van der Waals surface area contributed by atoms with Crippen LogP contribution in [-0.2, 0) is 0 Å². The molecule has 21 heavy (non-hydrogen) atoms. The fourth-order valence-corrected chi connectivity index (χ4v) is 2.39. The molecule has 0 unspecified atom stereocenters. The summed E-state index contributed by atoms with van der Waals surface area (Å²) in [6, 6.07) is 0. The molecule has 0 spiro atoms. The Labute approximate surface area is 117 Å². The molecule has 0 radical (unpaired) electrons. The minimum absolute atomic E-state index is 0.00711. The standard InChI is InChI=1S/C14H12O7/c1-3-7(15)5-6-8(16)4(2)10(18)12(20)14(6)21-13(5)11(19)9(3)17/h15-20H,1-2H3. The highest BCUT2D eigenvalue weighted by atomic mass is 16.4. The molecule has 7 heteroatoms. The predicted octanol–water partition coefficient (Wildman–Crippen LogP) is 2.44. The van der Waals surface area contributed by atoms with Gasteiger partial charge in [0.1, 0.15) is 11.5 Å². The molecule has 3 aromatic rings. The highest BCUT2D eigenvalue weighted by Gasteiger charge is 2.27. The minimum Gasteiger partial charge on any atom is -0.507 e. The van der Waals surface area contributed by atoms with E-state index in [9.17, 15) is 30.6 Å². The van der Waals surface area contributed by atoms with Crippen LogP contribution in [0.1, 0.15) is 11.1 Å². The third-order valence-corrected chi connectivity index (χ3v) is 3.68. The molecule has 3 rings (SSSR count). The summed E-state index contributed by atoms with van der Waals surface area (Å²) in [6.45, 7) is 2.74. The first-order chi connectivity index (χ1) is 9.77. The SMILES string of the molecule is Cc1c(O)c(O)c2oc3c(O)c(O)c(C)c(O)c3c2c1O. The largest absolute Gasteiger partial charge is 0.507 e. The van der Waals surface area contributed by atoms with Crippen molar-refractivity contribution in [3.05, 3.63) is 11.1 Å². The van der Waals surface area contributed by atoms with Crippen molar-refractivity contribution >= 4 is 21.9 Å². The van der Waals surface area contributed by atoms with E-state index in [0.717, 1.165) is 0 Å². The van der Waals surface area contributed by atoms with Gasteiger partial charge in [-0.2, -0.15) is 0 Å². The van der Waals surface area contributed by atoms with Crippen molar-refractivity contribution in [3.8, 4) is 34.5 Å². The minimum atomic E-state index is -0.632. The van der Waals surface area contributed by atoms with E-state index in [-0.39, 0.29) is 33.1 Å². The Morgan fingerprint density at radius 2 is 0.857 bits per heavy atom. The summed E-state index contributed by atoms with van der Waals surface area (Å²) < 4.78 is 5.21. The van der Waals surface area contributed by atoms with Crippen molar-refractivity contribution < 1.29 is 35.1 Å². The van der Waals surface area contributed by atoms with Crippen LogP contribution in [0.25, 0.3) is 21.9 Å². The maximum absolute atomic E-state index is 10.1. The summed E-state index contributed by atoms with van der Waals surface area (Å²) in [7, 11) is 0. The summed E-state index contributed by atoms with van der Waals surface area (Å²) in [5, 5.41) is 59.4. The first kappa shape index (κ1) is 13.0. The molecule has 110 valence electrons. The van der Waals surface area contributed by atoms with E-state index in [1.807, 2.05) is 0 Å². The van der Waals surface area contributed by atoms with E-state index in [0.29, 0.717) is 0 Å². The molecule has 7 nitrogen and oxygen atoms in total. The molecular weight excluding hydrogens is 280 g/mol. The maximum Gasteiger partial charge on any atom is 0.202 e.